The standard InChI is InChI=1S/C9H19N3O3S.ClH/c1-16(14,15)12-7-6-11-9(13)8-4-2-3-5-10-8;/h8,10,12H,2-7H2,1H3,(H,11,13);1H/t8-;/m0./s1. The van der Waals surface area contributed by atoms with Crippen molar-refractivity contribution in [3.05, 3.63) is 0 Å². The van der Waals surface area contributed by atoms with Gasteiger partial charge in [-0.2, -0.15) is 0 Å². The minimum atomic E-state index is -3.16. The van der Waals surface area contributed by atoms with Gasteiger partial charge in [-0.25, -0.2) is 13.1 Å². The number of sulfonamides is 1. The molecule has 0 aromatic rings. The number of hydrogen-bond donors (Lipinski definition) is 3. The molecule has 0 aromatic heterocycles. The van der Waals surface area contributed by atoms with Gasteiger partial charge in [-0.05, 0) is 19.4 Å². The first kappa shape index (κ1) is 16.6. The summed E-state index contributed by atoms with van der Waals surface area (Å²) in [5.74, 6) is -0.0463. The van der Waals surface area contributed by atoms with Crippen LogP contribution < -0.4 is 15.4 Å². The van der Waals surface area contributed by atoms with Gasteiger partial charge in [0.25, 0.3) is 0 Å². The monoisotopic (exact) mass is 285 g/mol. The highest BCUT2D eigenvalue weighted by molar-refractivity contribution is 7.88. The average Bonchev–Trinajstić information content (AvgIpc) is 2.24. The lowest BCUT2D eigenvalue weighted by atomic mass is 10.0. The molecular formula is C9H20ClN3O3S. The van der Waals surface area contributed by atoms with E-state index in [-0.39, 0.29) is 30.9 Å². The third-order valence-corrected chi connectivity index (χ3v) is 3.14. The minimum Gasteiger partial charge on any atom is -0.353 e. The maximum absolute atomic E-state index is 11.6. The van der Waals surface area contributed by atoms with Gasteiger partial charge in [0.05, 0.1) is 12.3 Å². The smallest absolute Gasteiger partial charge is 0.237 e. The highest BCUT2D eigenvalue weighted by Crippen LogP contribution is 2.06. The fourth-order valence-electron chi connectivity index (χ4n) is 1.62. The first-order valence-electron chi connectivity index (χ1n) is 5.45. The Morgan fingerprint density at radius 1 is 1.35 bits per heavy atom. The molecule has 0 unspecified atom stereocenters. The van der Waals surface area contributed by atoms with Crippen LogP contribution in [0.1, 0.15) is 19.3 Å². The summed E-state index contributed by atoms with van der Waals surface area (Å²) < 4.78 is 23.8. The van der Waals surface area contributed by atoms with Crippen molar-refractivity contribution in [2.24, 2.45) is 0 Å². The van der Waals surface area contributed by atoms with Gasteiger partial charge in [-0.3, -0.25) is 4.79 Å². The molecular weight excluding hydrogens is 266 g/mol. The molecule has 1 aliphatic rings. The summed E-state index contributed by atoms with van der Waals surface area (Å²) in [5, 5.41) is 5.82. The van der Waals surface area contributed by atoms with Crippen molar-refractivity contribution in [3.63, 3.8) is 0 Å². The summed E-state index contributed by atoms with van der Waals surface area (Å²) in [4.78, 5) is 11.6. The molecule has 1 fully saturated rings. The van der Waals surface area contributed by atoms with Crippen molar-refractivity contribution in [3.8, 4) is 0 Å². The molecule has 17 heavy (non-hydrogen) atoms. The number of hydrogen-bond acceptors (Lipinski definition) is 4. The van der Waals surface area contributed by atoms with Gasteiger partial charge in [-0.15, -0.1) is 12.4 Å². The largest absolute Gasteiger partial charge is 0.353 e. The Labute approximate surface area is 108 Å². The van der Waals surface area contributed by atoms with Gasteiger partial charge in [-0.1, -0.05) is 6.42 Å². The molecule has 0 radical (unpaired) electrons. The van der Waals surface area contributed by atoms with Crippen LogP contribution in [0.5, 0.6) is 0 Å². The van der Waals surface area contributed by atoms with Crippen molar-refractivity contribution in [2.45, 2.75) is 25.3 Å². The van der Waals surface area contributed by atoms with Crippen LogP contribution in [0.25, 0.3) is 0 Å². The molecule has 0 aliphatic carbocycles. The molecule has 3 N–H and O–H groups in total. The molecule has 8 heteroatoms. The lowest BCUT2D eigenvalue weighted by Gasteiger charge is -2.22. The van der Waals surface area contributed by atoms with E-state index in [1.54, 1.807) is 0 Å². The van der Waals surface area contributed by atoms with Gasteiger partial charge in [0, 0.05) is 13.1 Å². The van der Waals surface area contributed by atoms with Crippen LogP contribution in [0.15, 0.2) is 0 Å². The Kier molecular flexibility index (Phi) is 7.69. The predicted molar refractivity (Wildman–Crippen MR) is 68.7 cm³/mol. The number of piperidine rings is 1. The zero-order chi connectivity index (χ0) is 12.0. The van der Waals surface area contributed by atoms with E-state index in [0.717, 1.165) is 32.1 Å². The van der Waals surface area contributed by atoms with Gasteiger partial charge in [0.1, 0.15) is 0 Å². The molecule has 0 aromatic carbocycles. The molecule has 6 nitrogen and oxygen atoms in total. The number of amides is 1. The molecule has 1 atom stereocenters. The first-order chi connectivity index (χ1) is 7.49. The van der Waals surface area contributed by atoms with Crippen LogP contribution in [0, 0.1) is 0 Å². The van der Waals surface area contributed by atoms with E-state index < -0.39 is 10.0 Å². The van der Waals surface area contributed by atoms with Crippen molar-refractivity contribution in [1.29, 1.82) is 0 Å². The third kappa shape index (κ3) is 7.54. The van der Waals surface area contributed by atoms with E-state index in [9.17, 15) is 13.2 Å². The van der Waals surface area contributed by atoms with Crippen LogP contribution >= 0.6 is 12.4 Å². The predicted octanol–water partition coefficient (Wildman–Crippen LogP) is -0.784. The highest BCUT2D eigenvalue weighted by atomic mass is 35.5. The molecule has 0 saturated carbocycles. The van der Waals surface area contributed by atoms with Crippen LogP contribution in [0.4, 0.5) is 0 Å². The van der Waals surface area contributed by atoms with E-state index in [2.05, 4.69) is 15.4 Å². The Morgan fingerprint density at radius 3 is 2.59 bits per heavy atom. The summed E-state index contributed by atoms with van der Waals surface area (Å²) in [6.45, 7) is 1.43. The summed E-state index contributed by atoms with van der Waals surface area (Å²) in [5.41, 5.74) is 0. The van der Waals surface area contributed by atoms with E-state index >= 15 is 0 Å². The highest BCUT2D eigenvalue weighted by Gasteiger charge is 2.19. The van der Waals surface area contributed by atoms with E-state index in [1.165, 1.54) is 0 Å². The second-order valence-corrected chi connectivity index (χ2v) is 5.79. The van der Waals surface area contributed by atoms with E-state index in [4.69, 9.17) is 0 Å². The van der Waals surface area contributed by atoms with Gasteiger partial charge in [0.2, 0.25) is 15.9 Å². The van der Waals surface area contributed by atoms with Crippen molar-refractivity contribution >= 4 is 28.3 Å². The molecule has 1 heterocycles. The van der Waals surface area contributed by atoms with Crippen molar-refractivity contribution in [1.82, 2.24) is 15.4 Å². The van der Waals surface area contributed by atoms with Gasteiger partial charge in [0.15, 0.2) is 0 Å². The Morgan fingerprint density at radius 2 is 2.06 bits per heavy atom. The molecule has 1 rings (SSSR count). The summed E-state index contributed by atoms with van der Waals surface area (Å²) in [7, 11) is -3.16. The molecule has 1 aliphatic heterocycles. The number of nitrogens with one attached hydrogen (secondary N) is 3. The molecule has 1 amide bonds. The van der Waals surface area contributed by atoms with Gasteiger partial charge < -0.3 is 10.6 Å². The third-order valence-electron chi connectivity index (χ3n) is 2.42. The lowest BCUT2D eigenvalue weighted by Crippen LogP contribution is -2.48. The van der Waals surface area contributed by atoms with Crippen LogP contribution in [-0.2, 0) is 14.8 Å². The average molecular weight is 286 g/mol. The van der Waals surface area contributed by atoms with Crippen molar-refractivity contribution in [2.75, 3.05) is 25.9 Å². The zero-order valence-electron chi connectivity index (χ0n) is 9.86. The minimum absolute atomic E-state index is 0. The summed E-state index contributed by atoms with van der Waals surface area (Å²) >= 11 is 0. The normalized spacial score (nSPS) is 20.4. The van der Waals surface area contributed by atoms with E-state index in [0.29, 0.717) is 6.54 Å². The topological polar surface area (TPSA) is 87.3 Å². The fraction of sp³-hybridized carbons (Fsp3) is 0.889. The maximum Gasteiger partial charge on any atom is 0.237 e. The maximum atomic E-state index is 11.6. The van der Waals surface area contributed by atoms with Gasteiger partial charge >= 0.3 is 0 Å². The lowest BCUT2D eigenvalue weighted by molar-refractivity contribution is -0.123. The Bertz CT molecular complexity index is 328. The molecule has 0 spiro atoms. The second-order valence-electron chi connectivity index (χ2n) is 3.96. The number of halogens is 1. The van der Waals surface area contributed by atoms with Crippen LogP contribution in [0.2, 0.25) is 0 Å². The first-order valence-corrected chi connectivity index (χ1v) is 7.34. The number of carbonyl (C=O) groups excluding carboxylic acids is 1. The zero-order valence-corrected chi connectivity index (χ0v) is 11.5. The fourth-order valence-corrected chi connectivity index (χ4v) is 2.09. The SMILES string of the molecule is CS(=O)(=O)NCCNC(=O)[C@@H]1CCCCN1.Cl. The van der Waals surface area contributed by atoms with Crippen LogP contribution in [-0.4, -0.2) is 46.3 Å². The Balaban J connectivity index is 0.00000256. The van der Waals surface area contributed by atoms with Crippen molar-refractivity contribution < 1.29 is 13.2 Å². The Hall–Kier alpha value is -0.370. The molecule has 102 valence electrons. The number of rotatable bonds is 5. The summed E-state index contributed by atoms with van der Waals surface area (Å²) in [6, 6.07) is -0.119. The second kappa shape index (κ2) is 7.86. The summed E-state index contributed by atoms with van der Waals surface area (Å²) in [6.07, 6.45) is 4.12. The van der Waals surface area contributed by atoms with Crippen LogP contribution in [0.3, 0.4) is 0 Å². The number of carbonyl (C=O) groups is 1. The quantitative estimate of drug-likeness (QED) is 0.578. The molecule has 1 saturated heterocycles. The van der Waals surface area contributed by atoms with E-state index in [1.807, 2.05) is 0 Å². The molecule has 0 bridgehead atoms.